The molecule has 1 fully saturated rings. The molecule has 2 aromatic carbocycles. The zero-order valence-electron chi connectivity index (χ0n) is 9.66. The van der Waals surface area contributed by atoms with Gasteiger partial charge in [0.15, 0.2) is 0 Å². The summed E-state index contributed by atoms with van der Waals surface area (Å²) in [6.45, 7) is 2.13. The lowest BCUT2D eigenvalue weighted by Crippen LogP contribution is -2.24. The molecule has 1 aliphatic rings. The van der Waals surface area contributed by atoms with E-state index >= 15 is 0 Å². The van der Waals surface area contributed by atoms with Crippen LogP contribution in [0, 0.1) is 6.92 Å². The lowest BCUT2D eigenvalue weighted by Gasteiger charge is -2.09. The molecule has 1 nitrogen and oxygen atoms in total. The van der Waals surface area contributed by atoms with Crippen molar-refractivity contribution in [3.05, 3.63) is 47.5 Å². The maximum absolute atomic E-state index is 6.15. The maximum Gasteiger partial charge on any atom is 0.0196 e. The summed E-state index contributed by atoms with van der Waals surface area (Å²) in [7, 11) is 0. The van der Waals surface area contributed by atoms with Gasteiger partial charge in [0, 0.05) is 5.54 Å². The van der Waals surface area contributed by atoms with Crippen molar-refractivity contribution in [1.82, 2.24) is 0 Å². The van der Waals surface area contributed by atoms with Crippen molar-refractivity contribution in [3.63, 3.8) is 0 Å². The van der Waals surface area contributed by atoms with Crippen molar-refractivity contribution >= 4 is 10.8 Å². The van der Waals surface area contributed by atoms with Crippen LogP contribution in [0.5, 0.6) is 0 Å². The highest BCUT2D eigenvalue weighted by Gasteiger charge is 2.37. The van der Waals surface area contributed by atoms with Crippen LogP contribution in [0.3, 0.4) is 0 Å². The Morgan fingerprint density at radius 2 is 1.75 bits per heavy atom. The van der Waals surface area contributed by atoms with Gasteiger partial charge in [0.05, 0.1) is 0 Å². The van der Waals surface area contributed by atoms with Crippen LogP contribution in [0.4, 0.5) is 0 Å². The highest BCUT2D eigenvalue weighted by atomic mass is 14.8. The second-order valence-corrected chi connectivity index (χ2v) is 5.22. The molecule has 2 N–H and O–H groups in total. The fourth-order valence-electron chi connectivity index (χ4n) is 2.27. The highest BCUT2D eigenvalue weighted by Crippen LogP contribution is 2.36. The first-order valence-electron chi connectivity index (χ1n) is 5.93. The molecule has 1 heteroatoms. The van der Waals surface area contributed by atoms with Gasteiger partial charge in [0.25, 0.3) is 0 Å². The quantitative estimate of drug-likeness (QED) is 0.811. The second-order valence-electron chi connectivity index (χ2n) is 5.22. The van der Waals surface area contributed by atoms with E-state index in [2.05, 4.69) is 43.3 Å². The van der Waals surface area contributed by atoms with Crippen molar-refractivity contribution in [1.29, 1.82) is 0 Å². The van der Waals surface area contributed by atoms with Crippen LogP contribution in [-0.2, 0) is 6.42 Å². The van der Waals surface area contributed by atoms with E-state index in [4.69, 9.17) is 5.73 Å². The molecular weight excluding hydrogens is 194 g/mol. The molecule has 0 saturated heterocycles. The van der Waals surface area contributed by atoms with E-state index < -0.39 is 0 Å². The summed E-state index contributed by atoms with van der Waals surface area (Å²) in [5.74, 6) is 0. The average Bonchev–Trinajstić information content (AvgIpc) is 2.96. The Balaban J connectivity index is 1.99. The number of hydrogen-bond donors (Lipinski definition) is 1. The third kappa shape index (κ3) is 1.83. The van der Waals surface area contributed by atoms with Crippen LogP contribution in [-0.4, -0.2) is 5.54 Å². The molecule has 0 aromatic heterocycles. The minimum atomic E-state index is 0.109. The molecule has 0 bridgehead atoms. The standard InChI is InChI=1S/C15H17N/c1-11-2-4-14-9-12(3-5-13(14)8-11)10-15(16)6-7-15/h2-5,8-9H,6-7,10,16H2,1H3. The second kappa shape index (κ2) is 3.33. The lowest BCUT2D eigenvalue weighted by atomic mass is 10.00. The third-order valence-corrected chi connectivity index (χ3v) is 3.51. The summed E-state index contributed by atoms with van der Waals surface area (Å²) >= 11 is 0. The molecular formula is C15H17N. The summed E-state index contributed by atoms with van der Waals surface area (Å²) in [5.41, 5.74) is 8.95. The van der Waals surface area contributed by atoms with Gasteiger partial charge < -0.3 is 5.73 Å². The summed E-state index contributed by atoms with van der Waals surface area (Å²) < 4.78 is 0. The topological polar surface area (TPSA) is 26.0 Å². The Kier molecular flexibility index (Phi) is 2.05. The lowest BCUT2D eigenvalue weighted by molar-refractivity contribution is 0.673. The molecule has 0 aliphatic heterocycles. The smallest absolute Gasteiger partial charge is 0.0196 e. The molecule has 0 unspecified atom stereocenters. The Morgan fingerprint density at radius 3 is 2.50 bits per heavy atom. The summed E-state index contributed by atoms with van der Waals surface area (Å²) in [6, 6.07) is 13.3. The molecule has 0 heterocycles. The number of hydrogen-bond acceptors (Lipinski definition) is 1. The van der Waals surface area contributed by atoms with Crippen LogP contribution < -0.4 is 5.73 Å². The number of nitrogens with two attached hydrogens (primary N) is 1. The van der Waals surface area contributed by atoms with E-state index in [9.17, 15) is 0 Å². The minimum Gasteiger partial charge on any atom is -0.325 e. The Bertz CT molecular complexity index is 538. The predicted octanol–water partition coefficient (Wildman–Crippen LogP) is 3.18. The van der Waals surface area contributed by atoms with Crippen molar-refractivity contribution in [3.8, 4) is 0 Å². The molecule has 2 aromatic rings. The molecule has 0 amide bonds. The summed E-state index contributed by atoms with van der Waals surface area (Å²) in [6.07, 6.45) is 3.38. The van der Waals surface area contributed by atoms with Crippen LogP contribution in [0.15, 0.2) is 36.4 Å². The van der Waals surface area contributed by atoms with Crippen LogP contribution in [0.2, 0.25) is 0 Å². The monoisotopic (exact) mass is 211 g/mol. The molecule has 3 rings (SSSR count). The minimum absolute atomic E-state index is 0.109. The van der Waals surface area contributed by atoms with Gasteiger partial charge in [0.1, 0.15) is 0 Å². The molecule has 82 valence electrons. The maximum atomic E-state index is 6.15. The predicted molar refractivity (Wildman–Crippen MR) is 68.5 cm³/mol. The van der Waals surface area contributed by atoms with Gasteiger partial charge in [-0.1, -0.05) is 42.0 Å². The first kappa shape index (κ1) is 9.86. The van der Waals surface area contributed by atoms with E-state index in [1.165, 1.54) is 34.7 Å². The largest absolute Gasteiger partial charge is 0.325 e. The van der Waals surface area contributed by atoms with E-state index in [0.29, 0.717) is 0 Å². The van der Waals surface area contributed by atoms with Gasteiger partial charge in [-0.15, -0.1) is 0 Å². The van der Waals surface area contributed by atoms with E-state index in [1.807, 2.05) is 0 Å². The molecule has 1 saturated carbocycles. The van der Waals surface area contributed by atoms with Crippen LogP contribution in [0.25, 0.3) is 10.8 Å². The third-order valence-electron chi connectivity index (χ3n) is 3.51. The first-order chi connectivity index (χ1) is 7.65. The van der Waals surface area contributed by atoms with Crippen molar-refractivity contribution in [2.45, 2.75) is 31.7 Å². The molecule has 0 spiro atoms. The van der Waals surface area contributed by atoms with E-state index in [1.54, 1.807) is 0 Å². The fraction of sp³-hybridized carbons (Fsp3) is 0.333. The van der Waals surface area contributed by atoms with Gasteiger partial charge >= 0.3 is 0 Å². The van der Waals surface area contributed by atoms with Crippen molar-refractivity contribution < 1.29 is 0 Å². The van der Waals surface area contributed by atoms with E-state index in [-0.39, 0.29) is 5.54 Å². The highest BCUT2D eigenvalue weighted by molar-refractivity contribution is 5.83. The average molecular weight is 211 g/mol. The summed E-state index contributed by atoms with van der Waals surface area (Å²) in [5, 5.41) is 2.65. The molecule has 16 heavy (non-hydrogen) atoms. The van der Waals surface area contributed by atoms with Crippen LogP contribution >= 0.6 is 0 Å². The molecule has 0 radical (unpaired) electrons. The van der Waals surface area contributed by atoms with Gasteiger partial charge in [-0.3, -0.25) is 0 Å². The zero-order valence-corrected chi connectivity index (χ0v) is 9.66. The van der Waals surface area contributed by atoms with Crippen molar-refractivity contribution in [2.24, 2.45) is 5.73 Å². The van der Waals surface area contributed by atoms with Crippen molar-refractivity contribution in [2.75, 3.05) is 0 Å². The Labute approximate surface area is 96.3 Å². The van der Waals surface area contributed by atoms with Gasteiger partial charge in [-0.25, -0.2) is 0 Å². The van der Waals surface area contributed by atoms with Gasteiger partial charge in [-0.05, 0) is 42.5 Å². The van der Waals surface area contributed by atoms with E-state index in [0.717, 1.165) is 6.42 Å². The summed E-state index contributed by atoms with van der Waals surface area (Å²) in [4.78, 5) is 0. The molecule has 1 aliphatic carbocycles. The zero-order chi connectivity index (χ0) is 11.2. The fourth-order valence-corrected chi connectivity index (χ4v) is 2.27. The Morgan fingerprint density at radius 1 is 1.06 bits per heavy atom. The molecule has 0 atom stereocenters. The number of benzene rings is 2. The first-order valence-corrected chi connectivity index (χ1v) is 5.93. The normalized spacial score (nSPS) is 17.6. The number of rotatable bonds is 2. The van der Waals surface area contributed by atoms with Gasteiger partial charge in [-0.2, -0.15) is 0 Å². The number of fused-ring (bicyclic) bond motifs is 1. The SMILES string of the molecule is Cc1ccc2cc(CC3(N)CC3)ccc2c1. The van der Waals surface area contributed by atoms with Gasteiger partial charge in [0.2, 0.25) is 0 Å². The Hall–Kier alpha value is -1.34. The van der Waals surface area contributed by atoms with Crippen LogP contribution in [0.1, 0.15) is 24.0 Å². The number of aryl methyl sites for hydroxylation is 1.